The SMILES string of the molecule is CC(Cl)c1ccccc1NC(=O)c1cc(Cl)ccc1Br. The van der Waals surface area contributed by atoms with Crippen molar-refractivity contribution < 1.29 is 4.79 Å². The van der Waals surface area contributed by atoms with E-state index in [1.807, 2.05) is 31.2 Å². The van der Waals surface area contributed by atoms with E-state index in [0.717, 1.165) is 5.56 Å². The molecule has 1 atom stereocenters. The van der Waals surface area contributed by atoms with Gasteiger partial charge in [-0.15, -0.1) is 11.6 Å². The predicted molar refractivity (Wildman–Crippen MR) is 87.8 cm³/mol. The summed E-state index contributed by atoms with van der Waals surface area (Å²) in [5, 5.41) is 3.19. The minimum atomic E-state index is -0.232. The molecule has 0 spiro atoms. The number of nitrogens with one attached hydrogen (secondary N) is 1. The third-order valence-electron chi connectivity index (χ3n) is 2.81. The van der Waals surface area contributed by atoms with Gasteiger partial charge in [-0.25, -0.2) is 0 Å². The molecule has 0 aliphatic rings. The highest BCUT2D eigenvalue weighted by molar-refractivity contribution is 9.10. The van der Waals surface area contributed by atoms with Crippen LogP contribution in [0.5, 0.6) is 0 Å². The number of alkyl halides is 1. The van der Waals surface area contributed by atoms with Crippen molar-refractivity contribution >= 4 is 50.7 Å². The first kappa shape index (κ1) is 15.4. The Hall–Kier alpha value is -1.03. The summed E-state index contributed by atoms with van der Waals surface area (Å²) in [7, 11) is 0. The number of amides is 1. The molecule has 0 saturated heterocycles. The highest BCUT2D eigenvalue weighted by atomic mass is 79.9. The summed E-state index contributed by atoms with van der Waals surface area (Å²) in [5.74, 6) is -0.232. The third-order valence-corrected chi connectivity index (χ3v) is 3.97. The average Bonchev–Trinajstić information content (AvgIpc) is 2.41. The van der Waals surface area contributed by atoms with E-state index in [-0.39, 0.29) is 11.3 Å². The largest absolute Gasteiger partial charge is 0.322 e. The van der Waals surface area contributed by atoms with E-state index in [0.29, 0.717) is 20.7 Å². The van der Waals surface area contributed by atoms with E-state index >= 15 is 0 Å². The highest BCUT2D eigenvalue weighted by Crippen LogP contribution is 2.28. The van der Waals surface area contributed by atoms with Crippen LogP contribution in [-0.4, -0.2) is 5.91 Å². The Morgan fingerprint density at radius 3 is 2.65 bits per heavy atom. The van der Waals surface area contributed by atoms with Crippen LogP contribution in [-0.2, 0) is 0 Å². The van der Waals surface area contributed by atoms with Gasteiger partial charge in [0.1, 0.15) is 0 Å². The lowest BCUT2D eigenvalue weighted by atomic mass is 10.1. The van der Waals surface area contributed by atoms with Gasteiger partial charge in [-0.05, 0) is 52.7 Å². The quantitative estimate of drug-likeness (QED) is 0.692. The monoisotopic (exact) mass is 371 g/mol. The first-order chi connectivity index (χ1) is 9.49. The molecule has 104 valence electrons. The van der Waals surface area contributed by atoms with Gasteiger partial charge in [-0.3, -0.25) is 4.79 Å². The molecule has 0 fully saturated rings. The molecule has 0 aliphatic heterocycles. The van der Waals surface area contributed by atoms with E-state index < -0.39 is 0 Å². The van der Waals surface area contributed by atoms with Crippen LogP contribution in [0.3, 0.4) is 0 Å². The molecule has 2 aromatic carbocycles. The van der Waals surface area contributed by atoms with Crippen LogP contribution in [0.2, 0.25) is 5.02 Å². The summed E-state index contributed by atoms with van der Waals surface area (Å²) in [4.78, 5) is 12.3. The molecular formula is C15H12BrCl2NO. The number of para-hydroxylation sites is 1. The number of carbonyl (C=O) groups is 1. The maximum Gasteiger partial charge on any atom is 0.256 e. The fraction of sp³-hybridized carbons (Fsp3) is 0.133. The number of anilines is 1. The van der Waals surface area contributed by atoms with Crippen LogP contribution in [0.15, 0.2) is 46.9 Å². The molecule has 0 radical (unpaired) electrons. The van der Waals surface area contributed by atoms with Crippen molar-refractivity contribution in [1.82, 2.24) is 0 Å². The van der Waals surface area contributed by atoms with E-state index in [1.165, 1.54) is 0 Å². The Kier molecular flexibility index (Phi) is 5.08. The topological polar surface area (TPSA) is 29.1 Å². The molecule has 0 aliphatic carbocycles. The summed E-state index contributed by atoms with van der Waals surface area (Å²) in [6.07, 6.45) is 0. The number of hydrogen-bond donors (Lipinski definition) is 1. The second-order valence-corrected chi connectivity index (χ2v) is 6.23. The Bertz CT molecular complexity index is 644. The zero-order chi connectivity index (χ0) is 14.7. The predicted octanol–water partition coefficient (Wildman–Crippen LogP) is 5.65. The molecule has 0 heterocycles. The normalized spacial score (nSPS) is 12.0. The fourth-order valence-corrected chi connectivity index (χ4v) is 2.61. The number of carbonyl (C=O) groups excluding carboxylic acids is 1. The maximum absolute atomic E-state index is 12.3. The molecule has 2 nitrogen and oxygen atoms in total. The second kappa shape index (κ2) is 6.61. The van der Waals surface area contributed by atoms with Crippen molar-refractivity contribution in [1.29, 1.82) is 0 Å². The van der Waals surface area contributed by atoms with E-state index in [4.69, 9.17) is 23.2 Å². The molecule has 0 bridgehead atoms. The van der Waals surface area contributed by atoms with Crippen molar-refractivity contribution in [3.05, 3.63) is 63.1 Å². The molecule has 5 heteroatoms. The number of rotatable bonds is 3. The Labute approximate surface area is 136 Å². The van der Waals surface area contributed by atoms with Crippen molar-refractivity contribution in [3.8, 4) is 0 Å². The number of hydrogen-bond acceptors (Lipinski definition) is 1. The highest BCUT2D eigenvalue weighted by Gasteiger charge is 2.14. The van der Waals surface area contributed by atoms with Crippen LogP contribution < -0.4 is 5.32 Å². The van der Waals surface area contributed by atoms with Crippen LogP contribution in [0.25, 0.3) is 0 Å². The Balaban J connectivity index is 2.31. The van der Waals surface area contributed by atoms with Crippen LogP contribution in [0, 0.1) is 0 Å². The third kappa shape index (κ3) is 3.54. The Morgan fingerprint density at radius 2 is 1.95 bits per heavy atom. The molecular weight excluding hydrogens is 361 g/mol. The van der Waals surface area contributed by atoms with Crippen molar-refractivity contribution in [2.75, 3.05) is 5.32 Å². The van der Waals surface area contributed by atoms with Crippen LogP contribution in [0.1, 0.15) is 28.2 Å². The molecule has 1 N–H and O–H groups in total. The van der Waals surface area contributed by atoms with Gasteiger partial charge in [0.15, 0.2) is 0 Å². The summed E-state index contributed by atoms with van der Waals surface area (Å²) in [6, 6.07) is 12.5. The van der Waals surface area contributed by atoms with E-state index in [2.05, 4.69) is 21.2 Å². The molecule has 0 aromatic heterocycles. The molecule has 2 aromatic rings. The van der Waals surface area contributed by atoms with Crippen molar-refractivity contribution in [2.24, 2.45) is 0 Å². The lowest BCUT2D eigenvalue weighted by Crippen LogP contribution is -2.14. The summed E-state index contributed by atoms with van der Waals surface area (Å²) in [6.45, 7) is 1.86. The lowest BCUT2D eigenvalue weighted by Gasteiger charge is -2.13. The zero-order valence-electron chi connectivity index (χ0n) is 10.7. The molecule has 2 rings (SSSR count). The first-order valence-electron chi connectivity index (χ1n) is 5.98. The number of benzene rings is 2. The minimum Gasteiger partial charge on any atom is -0.322 e. The van der Waals surface area contributed by atoms with Gasteiger partial charge < -0.3 is 5.32 Å². The van der Waals surface area contributed by atoms with Crippen molar-refractivity contribution in [2.45, 2.75) is 12.3 Å². The first-order valence-corrected chi connectivity index (χ1v) is 7.59. The average molecular weight is 373 g/mol. The molecule has 1 unspecified atom stereocenters. The maximum atomic E-state index is 12.3. The van der Waals surface area contributed by atoms with Gasteiger partial charge in [0.2, 0.25) is 0 Å². The smallest absolute Gasteiger partial charge is 0.256 e. The van der Waals surface area contributed by atoms with Gasteiger partial charge in [0.25, 0.3) is 5.91 Å². The van der Waals surface area contributed by atoms with Crippen molar-refractivity contribution in [3.63, 3.8) is 0 Å². The van der Waals surface area contributed by atoms with Gasteiger partial charge >= 0.3 is 0 Å². The van der Waals surface area contributed by atoms with Gasteiger partial charge in [-0.1, -0.05) is 29.8 Å². The van der Waals surface area contributed by atoms with Gasteiger partial charge in [-0.2, -0.15) is 0 Å². The number of halogens is 3. The molecule has 0 saturated carbocycles. The van der Waals surface area contributed by atoms with Crippen LogP contribution >= 0.6 is 39.1 Å². The van der Waals surface area contributed by atoms with E-state index in [1.54, 1.807) is 18.2 Å². The standard InChI is InChI=1S/C15H12BrCl2NO/c1-9(17)11-4-2-3-5-14(11)19-15(20)12-8-10(18)6-7-13(12)16/h2-9H,1H3,(H,19,20). The lowest BCUT2D eigenvalue weighted by molar-refractivity contribution is 0.102. The summed E-state index contributed by atoms with van der Waals surface area (Å²) in [5.41, 5.74) is 2.06. The van der Waals surface area contributed by atoms with E-state index in [9.17, 15) is 4.79 Å². The van der Waals surface area contributed by atoms with Gasteiger partial charge in [0, 0.05) is 15.2 Å². The summed E-state index contributed by atoms with van der Waals surface area (Å²) < 4.78 is 0.691. The fourth-order valence-electron chi connectivity index (χ4n) is 1.82. The summed E-state index contributed by atoms with van der Waals surface area (Å²) >= 11 is 15.4. The zero-order valence-corrected chi connectivity index (χ0v) is 13.8. The second-order valence-electron chi connectivity index (χ2n) is 4.28. The molecule has 1 amide bonds. The minimum absolute atomic E-state index is 0.186. The Morgan fingerprint density at radius 1 is 1.25 bits per heavy atom. The van der Waals surface area contributed by atoms with Gasteiger partial charge in [0.05, 0.1) is 10.9 Å². The molecule has 20 heavy (non-hydrogen) atoms. The van der Waals surface area contributed by atoms with Crippen LogP contribution in [0.4, 0.5) is 5.69 Å².